The molecule has 1 aromatic rings. The lowest BCUT2D eigenvalue weighted by atomic mass is 10.0. The summed E-state index contributed by atoms with van der Waals surface area (Å²) in [6.45, 7) is 1.99. The minimum Gasteiger partial charge on any atom is -0.403 e. The van der Waals surface area contributed by atoms with Crippen LogP contribution in [0.25, 0.3) is 0 Å². The van der Waals surface area contributed by atoms with Crippen molar-refractivity contribution in [1.82, 2.24) is 0 Å². The average Bonchev–Trinajstić information content (AvgIpc) is 2.27. The normalized spacial score (nSPS) is 13.4. The second kappa shape index (κ2) is 6.04. The molecule has 0 unspecified atom stereocenters. The lowest BCUT2D eigenvalue weighted by Crippen LogP contribution is -2.18. The predicted octanol–water partition coefficient (Wildman–Crippen LogP) is 3.91. The second-order valence-corrected chi connectivity index (χ2v) is 3.99. The largest absolute Gasteiger partial charge is 0.573 e. The Morgan fingerprint density at radius 3 is 2.50 bits per heavy atom. The number of hydrogen-bond donors (Lipinski definition) is 1. The van der Waals surface area contributed by atoms with Gasteiger partial charge in [-0.15, -0.1) is 13.2 Å². The second-order valence-electron chi connectivity index (χ2n) is 3.99. The molecule has 18 heavy (non-hydrogen) atoms. The van der Waals surface area contributed by atoms with Crippen LogP contribution in [0.15, 0.2) is 18.2 Å². The van der Waals surface area contributed by atoms with E-state index in [0.717, 1.165) is 25.0 Å². The van der Waals surface area contributed by atoms with Crippen molar-refractivity contribution in [2.24, 2.45) is 5.73 Å². The monoisotopic (exact) mass is 265 g/mol. The molecule has 0 heterocycles. The van der Waals surface area contributed by atoms with Crippen molar-refractivity contribution in [1.29, 1.82) is 0 Å². The van der Waals surface area contributed by atoms with E-state index in [1.807, 2.05) is 6.92 Å². The number of alkyl halides is 3. The van der Waals surface area contributed by atoms with Crippen molar-refractivity contribution in [2.75, 3.05) is 0 Å². The molecular formula is C12H15F4NO. The minimum atomic E-state index is -4.90. The van der Waals surface area contributed by atoms with Gasteiger partial charge in [-0.2, -0.15) is 0 Å². The van der Waals surface area contributed by atoms with Gasteiger partial charge in [-0.1, -0.05) is 25.8 Å². The van der Waals surface area contributed by atoms with E-state index in [0.29, 0.717) is 12.0 Å². The van der Waals surface area contributed by atoms with Crippen LogP contribution in [0.2, 0.25) is 0 Å². The number of nitrogens with two attached hydrogens (primary N) is 1. The first-order chi connectivity index (χ1) is 8.33. The van der Waals surface area contributed by atoms with Gasteiger partial charge < -0.3 is 10.5 Å². The van der Waals surface area contributed by atoms with Crippen LogP contribution in [0.1, 0.15) is 37.8 Å². The molecule has 0 spiro atoms. The Balaban J connectivity index is 2.79. The number of unbranched alkanes of at least 4 members (excludes halogenated alkanes) is 1. The standard InChI is InChI=1S/C12H15F4NO/c1-2-3-4-10(17)8-5-6-11(9(13)7-8)18-12(14,15)16/h5-7,10H,2-4,17H2,1H3/t10-/m0/s1. The van der Waals surface area contributed by atoms with Crippen molar-refractivity contribution in [2.45, 2.75) is 38.6 Å². The fourth-order valence-electron chi connectivity index (χ4n) is 1.55. The summed E-state index contributed by atoms with van der Waals surface area (Å²) in [5, 5.41) is 0. The van der Waals surface area contributed by atoms with Crippen LogP contribution in [-0.2, 0) is 0 Å². The smallest absolute Gasteiger partial charge is 0.403 e. The zero-order valence-corrected chi connectivity index (χ0v) is 9.93. The zero-order valence-electron chi connectivity index (χ0n) is 9.93. The molecule has 1 atom stereocenters. The van der Waals surface area contributed by atoms with Gasteiger partial charge in [0, 0.05) is 6.04 Å². The van der Waals surface area contributed by atoms with E-state index in [1.165, 1.54) is 6.07 Å². The van der Waals surface area contributed by atoms with Gasteiger partial charge in [-0.05, 0) is 24.1 Å². The highest BCUT2D eigenvalue weighted by Gasteiger charge is 2.32. The molecule has 0 saturated heterocycles. The molecule has 0 bridgehead atoms. The van der Waals surface area contributed by atoms with Crippen LogP contribution < -0.4 is 10.5 Å². The van der Waals surface area contributed by atoms with E-state index in [-0.39, 0.29) is 6.04 Å². The predicted molar refractivity (Wildman–Crippen MR) is 59.5 cm³/mol. The maximum absolute atomic E-state index is 13.4. The SMILES string of the molecule is CCCC[C@H](N)c1ccc(OC(F)(F)F)c(F)c1. The van der Waals surface area contributed by atoms with Gasteiger partial charge in [0.1, 0.15) is 0 Å². The summed E-state index contributed by atoms with van der Waals surface area (Å²) in [7, 11) is 0. The van der Waals surface area contributed by atoms with Crippen LogP contribution in [0.3, 0.4) is 0 Å². The highest BCUT2D eigenvalue weighted by molar-refractivity contribution is 5.31. The summed E-state index contributed by atoms with van der Waals surface area (Å²) in [6, 6.07) is 2.91. The zero-order chi connectivity index (χ0) is 13.8. The highest BCUT2D eigenvalue weighted by Crippen LogP contribution is 2.28. The Hall–Kier alpha value is -1.30. The molecule has 0 aliphatic carbocycles. The highest BCUT2D eigenvalue weighted by atomic mass is 19.4. The maximum Gasteiger partial charge on any atom is 0.573 e. The molecule has 0 radical (unpaired) electrons. The third-order valence-corrected chi connectivity index (χ3v) is 2.48. The van der Waals surface area contributed by atoms with Gasteiger partial charge in [0.25, 0.3) is 0 Å². The Morgan fingerprint density at radius 2 is 2.00 bits per heavy atom. The number of benzene rings is 1. The Labute approximate surface area is 103 Å². The van der Waals surface area contributed by atoms with E-state index in [2.05, 4.69) is 4.74 Å². The third kappa shape index (κ3) is 4.52. The summed E-state index contributed by atoms with van der Waals surface area (Å²) in [4.78, 5) is 0. The van der Waals surface area contributed by atoms with Gasteiger partial charge in [0.2, 0.25) is 0 Å². The lowest BCUT2D eigenvalue weighted by Gasteiger charge is -2.14. The molecule has 0 amide bonds. The fourth-order valence-corrected chi connectivity index (χ4v) is 1.55. The molecule has 0 aromatic heterocycles. The molecule has 102 valence electrons. The van der Waals surface area contributed by atoms with E-state index >= 15 is 0 Å². The Morgan fingerprint density at radius 1 is 1.33 bits per heavy atom. The molecule has 1 rings (SSSR count). The molecule has 0 saturated carbocycles. The van der Waals surface area contributed by atoms with Gasteiger partial charge in [0.05, 0.1) is 0 Å². The van der Waals surface area contributed by atoms with Gasteiger partial charge in [-0.3, -0.25) is 0 Å². The third-order valence-electron chi connectivity index (χ3n) is 2.48. The number of ether oxygens (including phenoxy) is 1. The van der Waals surface area contributed by atoms with Gasteiger partial charge in [-0.25, -0.2) is 4.39 Å². The summed E-state index contributed by atoms with van der Waals surface area (Å²) < 4.78 is 52.7. The minimum absolute atomic E-state index is 0.376. The Bertz CT molecular complexity index is 392. The molecule has 2 N–H and O–H groups in total. The quantitative estimate of drug-likeness (QED) is 0.819. The van der Waals surface area contributed by atoms with Crippen molar-refractivity contribution in [3.05, 3.63) is 29.6 Å². The number of rotatable bonds is 5. The molecule has 0 fully saturated rings. The first-order valence-electron chi connectivity index (χ1n) is 5.64. The van der Waals surface area contributed by atoms with Crippen LogP contribution in [0.5, 0.6) is 5.75 Å². The van der Waals surface area contributed by atoms with E-state index in [9.17, 15) is 17.6 Å². The van der Waals surface area contributed by atoms with E-state index < -0.39 is 17.9 Å². The molecule has 0 aliphatic heterocycles. The molecule has 0 aliphatic rings. The average molecular weight is 265 g/mol. The van der Waals surface area contributed by atoms with Gasteiger partial charge in [0.15, 0.2) is 11.6 Å². The molecule has 2 nitrogen and oxygen atoms in total. The van der Waals surface area contributed by atoms with Crippen LogP contribution in [0.4, 0.5) is 17.6 Å². The topological polar surface area (TPSA) is 35.2 Å². The molecule has 1 aromatic carbocycles. The fraction of sp³-hybridized carbons (Fsp3) is 0.500. The Kier molecular flexibility index (Phi) is 4.95. The van der Waals surface area contributed by atoms with Crippen molar-refractivity contribution in [3.63, 3.8) is 0 Å². The molecule has 6 heteroatoms. The lowest BCUT2D eigenvalue weighted by molar-refractivity contribution is -0.275. The number of halogens is 4. The summed E-state index contributed by atoms with van der Waals surface area (Å²) >= 11 is 0. The number of hydrogen-bond acceptors (Lipinski definition) is 2. The van der Waals surface area contributed by atoms with E-state index in [4.69, 9.17) is 5.73 Å². The summed E-state index contributed by atoms with van der Waals surface area (Å²) in [6.07, 6.45) is -2.41. The van der Waals surface area contributed by atoms with Gasteiger partial charge >= 0.3 is 6.36 Å². The van der Waals surface area contributed by atoms with Crippen molar-refractivity contribution < 1.29 is 22.3 Å². The van der Waals surface area contributed by atoms with E-state index in [1.54, 1.807) is 0 Å². The first-order valence-corrected chi connectivity index (χ1v) is 5.64. The van der Waals surface area contributed by atoms with Crippen LogP contribution in [0, 0.1) is 5.82 Å². The first kappa shape index (κ1) is 14.8. The van der Waals surface area contributed by atoms with Crippen molar-refractivity contribution >= 4 is 0 Å². The van der Waals surface area contributed by atoms with Crippen molar-refractivity contribution in [3.8, 4) is 5.75 Å². The summed E-state index contributed by atoms with van der Waals surface area (Å²) in [5.74, 6) is -1.90. The summed E-state index contributed by atoms with van der Waals surface area (Å²) in [5.41, 5.74) is 6.27. The molecular weight excluding hydrogens is 250 g/mol. The van der Waals surface area contributed by atoms with Crippen LogP contribution in [-0.4, -0.2) is 6.36 Å². The maximum atomic E-state index is 13.4. The van der Waals surface area contributed by atoms with Crippen LogP contribution >= 0.6 is 0 Å².